The Hall–Kier alpha value is -1.25. The largest absolute Gasteiger partial charge is 0.381 e. The van der Waals surface area contributed by atoms with Gasteiger partial charge in [-0.1, -0.05) is 57.8 Å². The van der Waals surface area contributed by atoms with E-state index in [2.05, 4.69) is 5.32 Å². The van der Waals surface area contributed by atoms with Gasteiger partial charge in [-0.2, -0.15) is 0 Å². The lowest BCUT2D eigenvalue weighted by Crippen LogP contribution is -2.22. The number of nitrogens with one attached hydrogen (secondary N) is 1. The molecule has 1 fully saturated rings. The van der Waals surface area contributed by atoms with Gasteiger partial charge in [0.25, 0.3) is 0 Å². The van der Waals surface area contributed by atoms with Crippen molar-refractivity contribution in [3.05, 3.63) is 28.7 Å². The average Bonchev–Trinajstić information content (AvgIpc) is 2.46. The van der Waals surface area contributed by atoms with Gasteiger partial charge in [-0.15, -0.1) is 0 Å². The lowest BCUT2D eigenvalue weighted by atomic mass is 9.98. The number of pyridine rings is 1. The first-order valence-corrected chi connectivity index (χ1v) is 8.69. The van der Waals surface area contributed by atoms with Crippen molar-refractivity contribution in [2.24, 2.45) is 7.05 Å². The van der Waals surface area contributed by atoms with Gasteiger partial charge in [-0.25, -0.2) is 0 Å². The van der Waals surface area contributed by atoms with Gasteiger partial charge in [0.1, 0.15) is 0 Å². The third-order valence-electron chi connectivity index (χ3n) is 4.56. The van der Waals surface area contributed by atoms with Crippen LogP contribution in [0.3, 0.4) is 0 Å². The van der Waals surface area contributed by atoms with Crippen molar-refractivity contribution in [2.45, 2.75) is 76.7 Å². The zero-order chi connectivity index (χ0) is 14.9. The fourth-order valence-corrected chi connectivity index (χ4v) is 3.22. The van der Waals surface area contributed by atoms with E-state index < -0.39 is 0 Å². The Balaban J connectivity index is 1.90. The van der Waals surface area contributed by atoms with Gasteiger partial charge in [-0.05, 0) is 18.9 Å². The molecule has 3 nitrogen and oxygen atoms in total. The molecule has 1 aliphatic rings. The molecule has 0 bridgehead atoms. The van der Waals surface area contributed by atoms with Crippen LogP contribution in [0.1, 0.15) is 70.6 Å². The predicted molar refractivity (Wildman–Crippen MR) is 89.9 cm³/mol. The first kappa shape index (κ1) is 16.1. The second kappa shape index (κ2) is 8.91. The molecule has 1 saturated carbocycles. The van der Waals surface area contributed by atoms with Crippen LogP contribution in [0.4, 0.5) is 5.69 Å². The Morgan fingerprint density at radius 3 is 1.95 bits per heavy atom. The van der Waals surface area contributed by atoms with Crippen molar-refractivity contribution in [1.29, 1.82) is 0 Å². The van der Waals surface area contributed by atoms with Gasteiger partial charge in [0.15, 0.2) is 0 Å². The maximum atomic E-state index is 11.5. The molecule has 1 heterocycles. The molecule has 2 rings (SSSR count). The number of rotatable bonds is 2. The van der Waals surface area contributed by atoms with Crippen LogP contribution < -0.4 is 10.9 Å². The smallest absolute Gasteiger partial charge is 0.250 e. The van der Waals surface area contributed by atoms with Crippen molar-refractivity contribution >= 4 is 5.69 Å². The second-order valence-electron chi connectivity index (χ2n) is 6.47. The molecule has 0 aromatic carbocycles. The molecule has 0 saturated heterocycles. The minimum Gasteiger partial charge on any atom is -0.381 e. The van der Waals surface area contributed by atoms with Crippen LogP contribution in [0.25, 0.3) is 0 Å². The number of nitrogens with zero attached hydrogens (tertiary/aromatic N) is 1. The first-order chi connectivity index (χ1) is 10.3. The van der Waals surface area contributed by atoms with Gasteiger partial charge < -0.3 is 9.88 Å². The second-order valence-corrected chi connectivity index (χ2v) is 6.47. The Bertz CT molecular complexity index is 455. The van der Waals surface area contributed by atoms with Crippen molar-refractivity contribution in [2.75, 3.05) is 5.32 Å². The van der Waals surface area contributed by atoms with E-state index in [9.17, 15) is 4.79 Å². The summed E-state index contributed by atoms with van der Waals surface area (Å²) in [7, 11) is 1.81. The van der Waals surface area contributed by atoms with Crippen molar-refractivity contribution in [3.8, 4) is 0 Å². The van der Waals surface area contributed by atoms with Crippen LogP contribution >= 0.6 is 0 Å². The van der Waals surface area contributed by atoms with Gasteiger partial charge in [0.2, 0.25) is 5.56 Å². The highest BCUT2D eigenvalue weighted by Crippen LogP contribution is 2.19. The molecular weight excluding hydrogens is 260 g/mol. The number of hydrogen-bond donors (Lipinski definition) is 1. The van der Waals surface area contributed by atoms with E-state index in [1.54, 1.807) is 10.6 Å². The zero-order valence-corrected chi connectivity index (χ0v) is 13.4. The predicted octanol–water partition coefficient (Wildman–Crippen LogP) is 4.47. The molecule has 1 aliphatic carbocycles. The van der Waals surface area contributed by atoms with Crippen molar-refractivity contribution < 1.29 is 0 Å². The molecular formula is C18H30N2O. The third-order valence-corrected chi connectivity index (χ3v) is 4.56. The Kier molecular flexibility index (Phi) is 6.84. The van der Waals surface area contributed by atoms with Crippen molar-refractivity contribution in [3.63, 3.8) is 0 Å². The van der Waals surface area contributed by atoms with E-state index in [-0.39, 0.29) is 5.56 Å². The number of anilines is 1. The normalized spacial score (nSPS) is 19.5. The quantitative estimate of drug-likeness (QED) is 0.872. The van der Waals surface area contributed by atoms with E-state index in [4.69, 9.17) is 0 Å². The molecule has 0 radical (unpaired) electrons. The van der Waals surface area contributed by atoms with Crippen LogP contribution in [0.5, 0.6) is 0 Å². The van der Waals surface area contributed by atoms with Gasteiger partial charge in [0, 0.05) is 25.4 Å². The number of hydrogen-bond acceptors (Lipinski definition) is 2. The molecule has 118 valence electrons. The summed E-state index contributed by atoms with van der Waals surface area (Å²) in [4.78, 5) is 11.5. The summed E-state index contributed by atoms with van der Waals surface area (Å²) < 4.78 is 1.65. The Morgan fingerprint density at radius 2 is 1.43 bits per heavy atom. The lowest BCUT2D eigenvalue weighted by molar-refractivity contribution is 0.480. The highest BCUT2D eigenvalue weighted by atomic mass is 16.1. The van der Waals surface area contributed by atoms with E-state index in [1.165, 1.54) is 70.6 Å². The van der Waals surface area contributed by atoms with Crippen LogP contribution in [0.2, 0.25) is 0 Å². The Morgan fingerprint density at radius 1 is 0.905 bits per heavy atom. The number of aryl methyl sites for hydroxylation is 1. The van der Waals surface area contributed by atoms with E-state index in [1.807, 2.05) is 19.3 Å². The fourth-order valence-electron chi connectivity index (χ4n) is 3.22. The summed E-state index contributed by atoms with van der Waals surface area (Å²) in [6.07, 6.45) is 16.9. The standard InChI is InChI=1S/C18H30N2O/c1-20-15-17(13-14-18(20)21)19-16-11-9-7-5-3-2-4-6-8-10-12-16/h13-16,19H,2-12H2,1H3. The summed E-state index contributed by atoms with van der Waals surface area (Å²) in [5.41, 5.74) is 1.13. The topological polar surface area (TPSA) is 34.0 Å². The van der Waals surface area contributed by atoms with E-state index in [0.717, 1.165) is 5.69 Å². The summed E-state index contributed by atoms with van der Waals surface area (Å²) in [5, 5.41) is 3.64. The van der Waals surface area contributed by atoms with Crippen LogP contribution in [0.15, 0.2) is 23.1 Å². The molecule has 0 unspecified atom stereocenters. The zero-order valence-electron chi connectivity index (χ0n) is 13.4. The highest BCUT2D eigenvalue weighted by Gasteiger charge is 2.09. The molecule has 0 aliphatic heterocycles. The van der Waals surface area contributed by atoms with Crippen LogP contribution in [-0.2, 0) is 7.05 Å². The van der Waals surface area contributed by atoms with Crippen LogP contribution in [0, 0.1) is 0 Å². The monoisotopic (exact) mass is 290 g/mol. The van der Waals surface area contributed by atoms with Gasteiger partial charge in [0.05, 0.1) is 5.69 Å². The van der Waals surface area contributed by atoms with E-state index in [0.29, 0.717) is 6.04 Å². The van der Waals surface area contributed by atoms with Crippen molar-refractivity contribution in [1.82, 2.24) is 4.57 Å². The highest BCUT2D eigenvalue weighted by molar-refractivity contribution is 5.41. The van der Waals surface area contributed by atoms with Gasteiger partial charge in [-0.3, -0.25) is 4.79 Å². The molecule has 0 atom stereocenters. The summed E-state index contributed by atoms with van der Waals surface area (Å²) >= 11 is 0. The minimum absolute atomic E-state index is 0.0549. The molecule has 1 N–H and O–H groups in total. The average molecular weight is 290 g/mol. The molecule has 1 aromatic heterocycles. The summed E-state index contributed by atoms with van der Waals surface area (Å²) in [5.74, 6) is 0. The van der Waals surface area contributed by atoms with Gasteiger partial charge >= 0.3 is 0 Å². The van der Waals surface area contributed by atoms with E-state index >= 15 is 0 Å². The maximum Gasteiger partial charge on any atom is 0.250 e. The molecule has 21 heavy (non-hydrogen) atoms. The first-order valence-electron chi connectivity index (χ1n) is 8.69. The molecule has 0 amide bonds. The third kappa shape index (κ3) is 5.94. The minimum atomic E-state index is 0.0549. The fraction of sp³-hybridized carbons (Fsp3) is 0.722. The molecule has 1 aromatic rings. The maximum absolute atomic E-state index is 11.5. The lowest BCUT2D eigenvalue weighted by Gasteiger charge is -2.21. The summed E-state index contributed by atoms with van der Waals surface area (Å²) in [6.45, 7) is 0. The summed E-state index contributed by atoms with van der Waals surface area (Å²) in [6, 6.07) is 4.12. The Labute approximate surface area is 128 Å². The van der Waals surface area contributed by atoms with Crippen LogP contribution in [-0.4, -0.2) is 10.6 Å². The molecule has 0 spiro atoms. The SMILES string of the molecule is Cn1cc(NC2CCCCCCCCCCC2)ccc1=O. The molecule has 3 heteroatoms. The number of aromatic nitrogens is 1.